The molecule has 1 aliphatic rings. The van der Waals surface area contributed by atoms with Gasteiger partial charge in [0.15, 0.2) is 5.65 Å². The molecule has 0 aliphatic carbocycles. The van der Waals surface area contributed by atoms with Crippen molar-refractivity contribution in [3.05, 3.63) is 82.4 Å². The second-order valence-corrected chi connectivity index (χ2v) is 8.08. The molecule has 1 N–H and O–H groups in total. The number of amides is 1. The lowest BCUT2D eigenvalue weighted by Gasteiger charge is -2.30. The van der Waals surface area contributed by atoms with E-state index in [4.69, 9.17) is 9.72 Å². The predicted octanol–water partition coefficient (Wildman–Crippen LogP) is 2.90. The van der Waals surface area contributed by atoms with Crippen molar-refractivity contribution in [3.8, 4) is 5.82 Å². The van der Waals surface area contributed by atoms with Gasteiger partial charge in [0.25, 0.3) is 5.91 Å². The van der Waals surface area contributed by atoms with Gasteiger partial charge in [0.2, 0.25) is 0 Å². The summed E-state index contributed by atoms with van der Waals surface area (Å²) in [5.74, 6) is 0.501. The van der Waals surface area contributed by atoms with E-state index in [1.807, 2.05) is 42.2 Å². The van der Waals surface area contributed by atoms with Crippen molar-refractivity contribution in [1.29, 1.82) is 0 Å². The number of imidazole rings is 1. The first kappa shape index (κ1) is 22.3. The summed E-state index contributed by atoms with van der Waals surface area (Å²) < 4.78 is 7.28. The molecule has 0 radical (unpaired) electrons. The monoisotopic (exact) mass is 472 g/mol. The molecule has 0 fully saturated rings. The minimum atomic E-state index is -0.812. The van der Waals surface area contributed by atoms with Gasteiger partial charge in [-0.15, -0.1) is 0 Å². The molecule has 1 aromatic carbocycles. The molecule has 0 unspecified atom stereocenters. The molecule has 35 heavy (non-hydrogen) atoms. The second kappa shape index (κ2) is 9.05. The smallest absolute Gasteiger partial charge is 0.424 e. The van der Waals surface area contributed by atoms with E-state index in [1.54, 1.807) is 31.2 Å². The van der Waals surface area contributed by atoms with Crippen LogP contribution in [-0.4, -0.2) is 50.8 Å². The van der Waals surface area contributed by atoms with Crippen LogP contribution in [0.3, 0.4) is 0 Å². The van der Waals surface area contributed by atoms with E-state index < -0.39 is 11.8 Å². The number of carbonyl (C=O) groups is 2. The first-order valence-corrected chi connectivity index (χ1v) is 11.4. The highest BCUT2D eigenvalue weighted by Crippen LogP contribution is 2.30. The average molecular weight is 473 g/mol. The summed E-state index contributed by atoms with van der Waals surface area (Å²) in [5, 5.41) is 2.91. The first-order valence-electron chi connectivity index (χ1n) is 11.4. The van der Waals surface area contributed by atoms with Gasteiger partial charge in [-0.25, -0.2) is 24.1 Å². The van der Waals surface area contributed by atoms with Gasteiger partial charge in [-0.2, -0.15) is 4.57 Å². The van der Waals surface area contributed by atoms with E-state index >= 15 is 0 Å². The van der Waals surface area contributed by atoms with Crippen molar-refractivity contribution in [1.82, 2.24) is 24.4 Å². The fourth-order valence-electron chi connectivity index (χ4n) is 4.34. The number of aromatic nitrogens is 4. The number of fused-ring (bicyclic) bond motifs is 2. The Kier molecular flexibility index (Phi) is 5.77. The van der Waals surface area contributed by atoms with Crippen LogP contribution >= 0.6 is 0 Å². The Balaban J connectivity index is 1.70. The van der Waals surface area contributed by atoms with Gasteiger partial charge in [0.1, 0.15) is 11.6 Å². The lowest BCUT2D eigenvalue weighted by Crippen LogP contribution is -2.33. The zero-order chi connectivity index (χ0) is 24.5. The minimum Gasteiger partial charge on any atom is -0.449 e. The van der Waals surface area contributed by atoms with Gasteiger partial charge >= 0.3 is 11.8 Å². The zero-order valence-corrected chi connectivity index (χ0v) is 19.3. The number of anilines is 1. The van der Waals surface area contributed by atoms with Crippen LogP contribution in [0.5, 0.6) is 0 Å². The van der Waals surface area contributed by atoms with Crippen molar-refractivity contribution < 1.29 is 14.3 Å². The van der Waals surface area contributed by atoms with E-state index in [-0.39, 0.29) is 30.0 Å². The lowest BCUT2D eigenvalue weighted by molar-refractivity contribution is 0.0957. The summed E-state index contributed by atoms with van der Waals surface area (Å²) >= 11 is 0. The Morgan fingerprint density at radius 1 is 1.11 bits per heavy atom. The van der Waals surface area contributed by atoms with Crippen molar-refractivity contribution >= 4 is 29.0 Å². The first-order chi connectivity index (χ1) is 17.0. The van der Waals surface area contributed by atoms with Crippen molar-refractivity contribution in [2.75, 3.05) is 24.6 Å². The third kappa shape index (κ3) is 3.82. The van der Waals surface area contributed by atoms with Gasteiger partial charge in [-0.1, -0.05) is 30.3 Å². The molecule has 178 valence electrons. The highest BCUT2D eigenvalue weighted by molar-refractivity contribution is 6.00. The maximum absolute atomic E-state index is 13.4. The quantitative estimate of drug-likeness (QED) is 0.486. The summed E-state index contributed by atoms with van der Waals surface area (Å²) in [4.78, 5) is 49.8. The van der Waals surface area contributed by atoms with Crippen LogP contribution in [0, 0.1) is 0 Å². The summed E-state index contributed by atoms with van der Waals surface area (Å²) in [6, 6.07) is 16.5. The Hall–Kier alpha value is -4.47. The maximum atomic E-state index is 13.4. The molecule has 3 aromatic heterocycles. The van der Waals surface area contributed by atoms with Crippen molar-refractivity contribution in [2.24, 2.45) is 0 Å². The standard InChI is InChI=1S/C25H24N6O4/c1-3-35-25(34)31-22-19(10-7-13-26-22)30(24(31)33)20-12-11-18-21(28-20)29(15-14-27-23(18)32)16(2)17-8-5-4-6-9-17/h4-13,16H,3,14-15H2,1-2H3,(H,27,32)/t16-/m0/s1. The van der Waals surface area contributed by atoms with E-state index in [0.717, 1.165) is 10.1 Å². The second-order valence-electron chi connectivity index (χ2n) is 8.08. The molecule has 1 amide bonds. The molecule has 0 spiro atoms. The number of benzene rings is 1. The van der Waals surface area contributed by atoms with Crippen LogP contribution in [0.15, 0.2) is 65.6 Å². The molecule has 0 saturated heterocycles. The lowest BCUT2D eigenvalue weighted by atomic mass is 10.1. The molecule has 4 aromatic rings. The number of hydrogen-bond donors (Lipinski definition) is 1. The van der Waals surface area contributed by atoms with E-state index in [9.17, 15) is 14.4 Å². The molecule has 0 bridgehead atoms. The van der Waals surface area contributed by atoms with Crippen LogP contribution < -0.4 is 15.9 Å². The number of nitrogens with one attached hydrogen (secondary N) is 1. The highest BCUT2D eigenvalue weighted by atomic mass is 16.5. The number of ether oxygens (including phenoxy) is 1. The molecular formula is C25H24N6O4. The molecule has 1 atom stereocenters. The third-order valence-electron chi connectivity index (χ3n) is 6.05. The summed E-state index contributed by atoms with van der Waals surface area (Å²) in [6.45, 7) is 4.81. The fraction of sp³-hybridized carbons (Fsp3) is 0.240. The van der Waals surface area contributed by atoms with Crippen LogP contribution in [0.1, 0.15) is 35.8 Å². The van der Waals surface area contributed by atoms with E-state index in [1.165, 1.54) is 10.8 Å². The number of hydrogen-bond acceptors (Lipinski definition) is 7. The van der Waals surface area contributed by atoms with Gasteiger partial charge in [-0.05, 0) is 43.7 Å². The fourth-order valence-corrected chi connectivity index (χ4v) is 4.34. The van der Waals surface area contributed by atoms with Crippen LogP contribution in [0.4, 0.5) is 10.6 Å². The van der Waals surface area contributed by atoms with Crippen LogP contribution in [0.2, 0.25) is 0 Å². The van der Waals surface area contributed by atoms with E-state index in [2.05, 4.69) is 10.3 Å². The normalized spacial score (nSPS) is 14.2. The average Bonchev–Trinajstić information content (AvgIpc) is 3.07. The van der Waals surface area contributed by atoms with Gasteiger partial charge in [0.05, 0.1) is 23.7 Å². The summed E-state index contributed by atoms with van der Waals surface area (Å²) in [6.07, 6.45) is 0.688. The molecule has 1 aliphatic heterocycles. The van der Waals surface area contributed by atoms with Crippen molar-refractivity contribution in [2.45, 2.75) is 19.9 Å². The third-order valence-corrected chi connectivity index (χ3v) is 6.05. The SMILES string of the molecule is CCOC(=O)n1c(=O)n(-c2ccc3c(n2)N([C@@H](C)c2ccccc2)CCNC3=O)c2cccnc21. The molecule has 10 heteroatoms. The van der Waals surface area contributed by atoms with Crippen LogP contribution in [0.25, 0.3) is 17.0 Å². The number of nitrogens with zero attached hydrogens (tertiary/aromatic N) is 5. The molecule has 4 heterocycles. The van der Waals surface area contributed by atoms with Gasteiger partial charge in [0, 0.05) is 19.3 Å². The zero-order valence-electron chi connectivity index (χ0n) is 19.3. The molecule has 0 saturated carbocycles. The summed E-state index contributed by atoms with van der Waals surface area (Å²) in [5.41, 5.74) is 1.40. The maximum Gasteiger partial charge on any atom is 0.424 e. The number of carbonyl (C=O) groups excluding carboxylic acids is 2. The van der Waals surface area contributed by atoms with Crippen molar-refractivity contribution in [3.63, 3.8) is 0 Å². The largest absolute Gasteiger partial charge is 0.449 e. The van der Waals surface area contributed by atoms with Gasteiger partial charge in [-0.3, -0.25) is 4.79 Å². The Morgan fingerprint density at radius 2 is 1.91 bits per heavy atom. The number of rotatable bonds is 4. The Labute approximate surface area is 200 Å². The Morgan fingerprint density at radius 3 is 2.69 bits per heavy atom. The predicted molar refractivity (Wildman–Crippen MR) is 130 cm³/mol. The summed E-state index contributed by atoms with van der Waals surface area (Å²) in [7, 11) is 0. The number of pyridine rings is 2. The molecular weight excluding hydrogens is 448 g/mol. The molecule has 10 nitrogen and oxygen atoms in total. The highest BCUT2D eigenvalue weighted by Gasteiger charge is 2.28. The van der Waals surface area contributed by atoms with Crippen LogP contribution in [-0.2, 0) is 4.74 Å². The minimum absolute atomic E-state index is 0.0790. The molecule has 5 rings (SSSR count). The van der Waals surface area contributed by atoms with E-state index in [0.29, 0.717) is 30.0 Å². The Bertz CT molecular complexity index is 1480. The van der Waals surface area contributed by atoms with Gasteiger partial charge < -0.3 is 15.0 Å². The topological polar surface area (TPSA) is 111 Å².